The van der Waals surface area contributed by atoms with E-state index in [1.807, 2.05) is 30.5 Å². The Kier molecular flexibility index (Phi) is 4.21. The first-order valence-electron chi connectivity index (χ1n) is 7.01. The molecule has 0 atom stereocenters. The second kappa shape index (κ2) is 6.45. The standard InChI is InChI=1S/C16H18N2O3/c17-5-3-13-8-15-16(21-11-20-15)9-14(13)19-7-4-12-2-1-6-18-10-12/h1-2,6,8-10H,3-5,7,11,17H2. The highest BCUT2D eigenvalue weighted by Crippen LogP contribution is 2.38. The van der Waals surface area contributed by atoms with Gasteiger partial charge in [0.25, 0.3) is 0 Å². The summed E-state index contributed by atoms with van der Waals surface area (Å²) >= 11 is 0. The lowest BCUT2D eigenvalue weighted by Crippen LogP contribution is -2.07. The van der Waals surface area contributed by atoms with Crippen molar-refractivity contribution >= 4 is 0 Å². The van der Waals surface area contributed by atoms with E-state index >= 15 is 0 Å². The summed E-state index contributed by atoms with van der Waals surface area (Å²) in [5.41, 5.74) is 7.86. The summed E-state index contributed by atoms with van der Waals surface area (Å²) < 4.78 is 16.7. The van der Waals surface area contributed by atoms with Gasteiger partial charge < -0.3 is 19.9 Å². The van der Waals surface area contributed by atoms with Gasteiger partial charge in [0.15, 0.2) is 11.5 Å². The summed E-state index contributed by atoms with van der Waals surface area (Å²) in [6, 6.07) is 7.80. The second-order valence-electron chi connectivity index (χ2n) is 4.81. The molecule has 5 nitrogen and oxygen atoms in total. The van der Waals surface area contributed by atoms with Crippen LogP contribution in [0.25, 0.3) is 0 Å². The highest BCUT2D eigenvalue weighted by Gasteiger charge is 2.17. The van der Waals surface area contributed by atoms with E-state index < -0.39 is 0 Å². The Morgan fingerprint density at radius 1 is 1.19 bits per heavy atom. The van der Waals surface area contributed by atoms with Crippen LogP contribution in [0, 0.1) is 0 Å². The van der Waals surface area contributed by atoms with E-state index in [0.29, 0.717) is 13.2 Å². The Morgan fingerprint density at radius 3 is 2.81 bits per heavy atom. The summed E-state index contributed by atoms with van der Waals surface area (Å²) in [5, 5.41) is 0. The predicted octanol–water partition coefficient (Wildman–Crippen LogP) is 1.93. The number of pyridine rings is 1. The minimum Gasteiger partial charge on any atom is -0.493 e. The van der Waals surface area contributed by atoms with Crippen LogP contribution in [0.5, 0.6) is 17.2 Å². The van der Waals surface area contributed by atoms with Crippen LogP contribution >= 0.6 is 0 Å². The molecule has 1 aliphatic heterocycles. The van der Waals surface area contributed by atoms with Crippen molar-refractivity contribution in [2.24, 2.45) is 5.73 Å². The number of benzene rings is 1. The minimum atomic E-state index is 0.260. The van der Waals surface area contributed by atoms with E-state index in [1.54, 1.807) is 6.20 Å². The Bertz CT molecular complexity index is 602. The summed E-state index contributed by atoms with van der Waals surface area (Å²) in [7, 11) is 0. The van der Waals surface area contributed by atoms with Crippen molar-refractivity contribution in [2.45, 2.75) is 12.8 Å². The molecule has 5 heteroatoms. The molecule has 0 radical (unpaired) electrons. The van der Waals surface area contributed by atoms with Gasteiger partial charge in [-0.05, 0) is 36.2 Å². The third kappa shape index (κ3) is 3.25. The summed E-state index contributed by atoms with van der Waals surface area (Å²) in [5.74, 6) is 2.30. The molecule has 2 N–H and O–H groups in total. The molecule has 1 aromatic carbocycles. The van der Waals surface area contributed by atoms with Gasteiger partial charge in [-0.1, -0.05) is 6.07 Å². The first-order valence-corrected chi connectivity index (χ1v) is 7.01. The molecule has 0 unspecified atom stereocenters. The second-order valence-corrected chi connectivity index (χ2v) is 4.81. The molecule has 2 heterocycles. The molecule has 1 aliphatic rings. The van der Waals surface area contributed by atoms with Crippen LogP contribution in [0.1, 0.15) is 11.1 Å². The average Bonchev–Trinajstić information content (AvgIpc) is 2.96. The van der Waals surface area contributed by atoms with Crippen molar-refractivity contribution < 1.29 is 14.2 Å². The molecule has 110 valence electrons. The molecule has 1 aromatic heterocycles. The molecule has 21 heavy (non-hydrogen) atoms. The van der Waals surface area contributed by atoms with Crippen LogP contribution in [0.2, 0.25) is 0 Å². The zero-order valence-electron chi connectivity index (χ0n) is 11.7. The molecular weight excluding hydrogens is 268 g/mol. The Morgan fingerprint density at radius 2 is 2.05 bits per heavy atom. The maximum atomic E-state index is 5.90. The monoisotopic (exact) mass is 286 g/mol. The highest BCUT2D eigenvalue weighted by atomic mass is 16.7. The summed E-state index contributed by atoms with van der Waals surface area (Å²) in [6.07, 6.45) is 5.18. The van der Waals surface area contributed by atoms with Crippen molar-refractivity contribution in [1.29, 1.82) is 0 Å². The summed E-state index contributed by atoms with van der Waals surface area (Å²) in [6.45, 7) is 1.41. The van der Waals surface area contributed by atoms with Crippen molar-refractivity contribution in [3.8, 4) is 17.2 Å². The van der Waals surface area contributed by atoms with Gasteiger partial charge in [0, 0.05) is 24.9 Å². The molecule has 0 spiro atoms. The molecule has 0 fully saturated rings. The predicted molar refractivity (Wildman–Crippen MR) is 78.8 cm³/mol. The van der Waals surface area contributed by atoms with Crippen LogP contribution in [0.4, 0.5) is 0 Å². The fraction of sp³-hybridized carbons (Fsp3) is 0.312. The van der Waals surface area contributed by atoms with Gasteiger partial charge in [0.1, 0.15) is 5.75 Å². The number of rotatable bonds is 6. The van der Waals surface area contributed by atoms with Crippen LogP contribution in [-0.4, -0.2) is 24.9 Å². The first-order chi connectivity index (χ1) is 10.4. The summed E-state index contributed by atoms with van der Waals surface area (Å²) in [4.78, 5) is 4.10. The average molecular weight is 286 g/mol. The fourth-order valence-corrected chi connectivity index (χ4v) is 2.28. The largest absolute Gasteiger partial charge is 0.493 e. The zero-order chi connectivity index (χ0) is 14.5. The smallest absolute Gasteiger partial charge is 0.231 e. The first kappa shape index (κ1) is 13.7. The van der Waals surface area contributed by atoms with Gasteiger partial charge in [0.05, 0.1) is 6.61 Å². The molecule has 0 saturated heterocycles. The van der Waals surface area contributed by atoms with Crippen LogP contribution in [0.3, 0.4) is 0 Å². The van der Waals surface area contributed by atoms with E-state index in [-0.39, 0.29) is 6.79 Å². The van der Waals surface area contributed by atoms with Gasteiger partial charge in [-0.25, -0.2) is 0 Å². The lowest BCUT2D eigenvalue weighted by Gasteiger charge is -2.12. The van der Waals surface area contributed by atoms with Crippen LogP contribution < -0.4 is 19.9 Å². The quantitative estimate of drug-likeness (QED) is 0.879. The number of hydrogen-bond acceptors (Lipinski definition) is 5. The number of nitrogens with zero attached hydrogens (tertiary/aromatic N) is 1. The Labute approximate surface area is 123 Å². The third-order valence-corrected chi connectivity index (χ3v) is 3.34. The van der Waals surface area contributed by atoms with Gasteiger partial charge in [-0.3, -0.25) is 4.98 Å². The lowest BCUT2D eigenvalue weighted by molar-refractivity contribution is 0.173. The normalized spacial score (nSPS) is 12.4. The topological polar surface area (TPSA) is 66.6 Å². The molecule has 0 amide bonds. The van der Waals surface area contributed by atoms with E-state index in [9.17, 15) is 0 Å². The van der Waals surface area contributed by atoms with Gasteiger partial charge in [-0.15, -0.1) is 0 Å². The number of ether oxygens (including phenoxy) is 3. The molecule has 0 saturated carbocycles. The fourth-order valence-electron chi connectivity index (χ4n) is 2.28. The Hall–Kier alpha value is -2.27. The molecule has 0 bridgehead atoms. The number of hydrogen-bond donors (Lipinski definition) is 1. The lowest BCUT2D eigenvalue weighted by atomic mass is 10.1. The van der Waals surface area contributed by atoms with Crippen LogP contribution in [0.15, 0.2) is 36.7 Å². The minimum absolute atomic E-state index is 0.260. The van der Waals surface area contributed by atoms with E-state index in [0.717, 1.165) is 41.2 Å². The van der Waals surface area contributed by atoms with E-state index in [4.69, 9.17) is 19.9 Å². The third-order valence-electron chi connectivity index (χ3n) is 3.34. The van der Waals surface area contributed by atoms with Crippen molar-refractivity contribution in [2.75, 3.05) is 19.9 Å². The van der Waals surface area contributed by atoms with E-state index in [1.165, 1.54) is 0 Å². The van der Waals surface area contributed by atoms with Gasteiger partial charge >= 0.3 is 0 Å². The maximum absolute atomic E-state index is 5.90. The van der Waals surface area contributed by atoms with Gasteiger partial charge in [0.2, 0.25) is 6.79 Å². The molecule has 2 aromatic rings. The molecular formula is C16H18N2O3. The number of aromatic nitrogens is 1. The van der Waals surface area contributed by atoms with Crippen molar-refractivity contribution in [3.63, 3.8) is 0 Å². The number of nitrogens with two attached hydrogens (primary N) is 1. The Balaban J connectivity index is 1.69. The SMILES string of the molecule is NCCc1cc2c(cc1OCCc1cccnc1)OCO2. The number of fused-ring (bicyclic) bond motifs is 1. The maximum Gasteiger partial charge on any atom is 0.231 e. The van der Waals surface area contributed by atoms with Gasteiger partial charge in [-0.2, -0.15) is 0 Å². The van der Waals surface area contributed by atoms with Crippen LogP contribution in [-0.2, 0) is 12.8 Å². The highest BCUT2D eigenvalue weighted by molar-refractivity contribution is 5.52. The van der Waals surface area contributed by atoms with Crippen molar-refractivity contribution in [3.05, 3.63) is 47.8 Å². The van der Waals surface area contributed by atoms with E-state index in [2.05, 4.69) is 4.98 Å². The van der Waals surface area contributed by atoms with Crippen molar-refractivity contribution in [1.82, 2.24) is 4.98 Å². The molecule has 0 aliphatic carbocycles. The molecule has 3 rings (SSSR count). The zero-order valence-corrected chi connectivity index (χ0v) is 11.7.